The van der Waals surface area contributed by atoms with Crippen LogP contribution in [0.3, 0.4) is 0 Å². The Bertz CT molecular complexity index is 764. The van der Waals surface area contributed by atoms with Gasteiger partial charge in [0, 0.05) is 18.1 Å². The Labute approximate surface area is 128 Å². The van der Waals surface area contributed by atoms with Crippen molar-refractivity contribution in [2.75, 3.05) is 7.11 Å². The molecule has 4 heteroatoms. The molecular formula is C18H17NO3. The summed E-state index contributed by atoms with van der Waals surface area (Å²) in [6.45, 7) is 0. The van der Waals surface area contributed by atoms with Gasteiger partial charge in [0.15, 0.2) is 6.10 Å². The predicted molar refractivity (Wildman–Crippen MR) is 84.9 cm³/mol. The second kappa shape index (κ2) is 6.35. The number of carbonyl (C=O) groups is 1. The number of hydrogen-bond acceptors (Lipinski definition) is 3. The van der Waals surface area contributed by atoms with Crippen molar-refractivity contribution >= 4 is 16.9 Å². The van der Waals surface area contributed by atoms with Gasteiger partial charge in [-0.2, -0.15) is 0 Å². The quantitative estimate of drug-likeness (QED) is 0.735. The predicted octanol–water partition coefficient (Wildman–Crippen LogP) is 3.33. The first-order chi connectivity index (χ1) is 10.8. The van der Waals surface area contributed by atoms with Crippen molar-refractivity contribution in [1.29, 1.82) is 0 Å². The number of esters is 1. The molecule has 1 heterocycles. The van der Waals surface area contributed by atoms with E-state index in [0.717, 1.165) is 16.5 Å². The maximum absolute atomic E-state index is 12.0. The van der Waals surface area contributed by atoms with Crippen molar-refractivity contribution < 1.29 is 14.3 Å². The molecule has 0 saturated heterocycles. The number of H-pyrrole nitrogens is 1. The Morgan fingerprint density at radius 2 is 1.95 bits per heavy atom. The SMILES string of the molecule is COC(=O)C(Cc1ccc2[nH]ccc2c1)Oc1ccccc1. The van der Waals surface area contributed by atoms with E-state index in [1.165, 1.54) is 7.11 Å². The molecule has 0 aliphatic heterocycles. The number of aromatic amines is 1. The number of benzene rings is 2. The molecule has 0 amide bonds. The van der Waals surface area contributed by atoms with Crippen molar-refractivity contribution in [3.05, 3.63) is 66.4 Å². The Morgan fingerprint density at radius 1 is 1.14 bits per heavy atom. The lowest BCUT2D eigenvalue weighted by Crippen LogP contribution is -2.30. The van der Waals surface area contributed by atoms with Crippen LogP contribution in [0.1, 0.15) is 5.56 Å². The van der Waals surface area contributed by atoms with Gasteiger partial charge in [-0.25, -0.2) is 4.79 Å². The monoisotopic (exact) mass is 295 g/mol. The summed E-state index contributed by atoms with van der Waals surface area (Å²) in [4.78, 5) is 15.1. The first-order valence-electron chi connectivity index (χ1n) is 7.12. The number of hydrogen-bond donors (Lipinski definition) is 1. The molecule has 4 nitrogen and oxygen atoms in total. The number of nitrogens with one attached hydrogen (secondary N) is 1. The highest BCUT2D eigenvalue weighted by molar-refractivity contribution is 5.80. The lowest BCUT2D eigenvalue weighted by atomic mass is 10.1. The van der Waals surface area contributed by atoms with E-state index in [1.807, 2.05) is 54.7 Å². The van der Waals surface area contributed by atoms with E-state index in [2.05, 4.69) is 11.1 Å². The van der Waals surface area contributed by atoms with E-state index in [-0.39, 0.29) is 5.97 Å². The number of methoxy groups -OCH3 is 1. The van der Waals surface area contributed by atoms with Gasteiger partial charge in [-0.3, -0.25) is 0 Å². The lowest BCUT2D eigenvalue weighted by Gasteiger charge is -2.17. The standard InChI is InChI=1S/C18H17NO3/c1-21-18(20)17(22-15-5-3-2-4-6-15)12-13-7-8-16-14(11-13)9-10-19-16/h2-11,17,19H,12H2,1H3. The highest BCUT2D eigenvalue weighted by atomic mass is 16.6. The number of ether oxygens (including phenoxy) is 2. The fourth-order valence-corrected chi connectivity index (χ4v) is 2.41. The van der Waals surface area contributed by atoms with Gasteiger partial charge < -0.3 is 14.5 Å². The summed E-state index contributed by atoms with van der Waals surface area (Å²) in [5.74, 6) is 0.277. The molecule has 1 unspecified atom stereocenters. The van der Waals surface area contributed by atoms with Crippen molar-refractivity contribution in [3.63, 3.8) is 0 Å². The van der Waals surface area contributed by atoms with Crippen LogP contribution in [0.2, 0.25) is 0 Å². The van der Waals surface area contributed by atoms with Gasteiger partial charge in [-0.05, 0) is 41.3 Å². The summed E-state index contributed by atoms with van der Waals surface area (Å²) in [7, 11) is 1.37. The summed E-state index contributed by atoms with van der Waals surface area (Å²) < 4.78 is 10.6. The normalized spacial score (nSPS) is 12.0. The van der Waals surface area contributed by atoms with Gasteiger partial charge in [0.25, 0.3) is 0 Å². The second-order valence-corrected chi connectivity index (χ2v) is 5.05. The van der Waals surface area contributed by atoms with Crippen molar-refractivity contribution in [3.8, 4) is 5.75 Å². The summed E-state index contributed by atoms with van der Waals surface area (Å²) >= 11 is 0. The fourth-order valence-electron chi connectivity index (χ4n) is 2.41. The van der Waals surface area contributed by atoms with Crippen LogP contribution in [0, 0.1) is 0 Å². The minimum atomic E-state index is -0.663. The minimum absolute atomic E-state index is 0.377. The molecular weight excluding hydrogens is 278 g/mol. The van der Waals surface area contributed by atoms with Crippen LogP contribution in [0.15, 0.2) is 60.8 Å². The first kappa shape index (κ1) is 14.2. The Morgan fingerprint density at radius 3 is 2.73 bits per heavy atom. The molecule has 0 fully saturated rings. The average Bonchev–Trinajstić information content (AvgIpc) is 3.02. The first-order valence-corrected chi connectivity index (χ1v) is 7.12. The number of fused-ring (bicyclic) bond motifs is 1. The summed E-state index contributed by atoms with van der Waals surface area (Å²) in [5, 5.41) is 1.11. The summed E-state index contributed by atoms with van der Waals surface area (Å²) in [5.41, 5.74) is 2.10. The zero-order chi connectivity index (χ0) is 15.4. The smallest absolute Gasteiger partial charge is 0.347 e. The van der Waals surface area contributed by atoms with Gasteiger partial charge in [0.05, 0.1) is 7.11 Å². The van der Waals surface area contributed by atoms with Gasteiger partial charge >= 0.3 is 5.97 Å². The third-order valence-corrected chi connectivity index (χ3v) is 3.52. The molecule has 2 aromatic carbocycles. The van der Waals surface area contributed by atoms with E-state index in [4.69, 9.17) is 9.47 Å². The van der Waals surface area contributed by atoms with Gasteiger partial charge in [0.1, 0.15) is 5.75 Å². The van der Waals surface area contributed by atoms with Gasteiger partial charge in [-0.15, -0.1) is 0 Å². The highest BCUT2D eigenvalue weighted by Gasteiger charge is 2.22. The molecule has 0 radical (unpaired) electrons. The molecule has 3 aromatic rings. The maximum Gasteiger partial charge on any atom is 0.347 e. The molecule has 1 aromatic heterocycles. The highest BCUT2D eigenvalue weighted by Crippen LogP contribution is 2.18. The molecule has 22 heavy (non-hydrogen) atoms. The van der Waals surface area contributed by atoms with Crippen LogP contribution in [0.4, 0.5) is 0 Å². The van der Waals surface area contributed by atoms with E-state index in [0.29, 0.717) is 12.2 Å². The number of para-hydroxylation sites is 1. The molecule has 0 aliphatic carbocycles. The van der Waals surface area contributed by atoms with Crippen LogP contribution in [0.5, 0.6) is 5.75 Å². The minimum Gasteiger partial charge on any atom is -0.478 e. The zero-order valence-electron chi connectivity index (χ0n) is 12.3. The Kier molecular flexibility index (Phi) is 4.10. The van der Waals surface area contributed by atoms with Crippen LogP contribution >= 0.6 is 0 Å². The molecule has 3 rings (SSSR count). The van der Waals surface area contributed by atoms with Crippen LogP contribution < -0.4 is 4.74 Å². The van der Waals surface area contributed by atoms with Crippen molar-refractivity contribution in [1.82, 2.24) is 4.98 Å². The number of aromatic nitrogens is 1. The lowest BCUT2D eigenvalue weighted by molar-refractivity contribution is -0.148. The Balaban J connectivity index is 1.81. The summed E-state index contributed by atoms with van der Waals surface area (Å²) in [6, 6.07) is 17.3. The molecule has 112 valence electrons. The number of rotatable bonds is 5. The van der Waals surface area contributed by atoms with E-state index < -0.39 is 6.10 Å². The molecule has 0 bridgehead atoms. The molecule has 0 saturated carbocycles. The van der Waals surface area contributed by atoms with Crippen LogP contribution in [-0.4, -0.2) is 24.2 Å². The fraction of sp³-hybridized carbons (Fsp3) is 0.167. The molecule has 1 atom stereocenters. The number of carbonyl (C=O) groups excluding carboxylic acids is 1. The van der Waals surface area contributed by atoms with E-state index in [1.54, 1.807) is 0 Å². The largest absolute Gasteiger partial charge is 0.478 e. The molecule has 0 aliphatic rings. The van der Waals surface area contributed by atoms with E-state index >= 15 is 0 Å². The second-order valence-electron chi connectivity index (χ2n) is 5.05. The molecule has 1 N–H and O–H groups in total. The topological polar surface area (TPSA) is 51.3 Å². The third-order valence-electron chi connectivity index (χ3n) is 3.52. The third kappa shape index (κ3) is 3.11. The summed E-state index contributed by atoms with van der Waals surface area (Å²) in [6.07, 6.45) is 1.69. The average molecular weight is 295 g/mol. The van der Waals surface area contributed by atoms with Crippen molar-refractivity contribution in [2.45, 2.75) is 12.5 Å². The maximum atomic E-state index is 12.0. The van der Waals surface area contributed by atoms with Crippen molar-refractivity contribution in [2.24, 2.45) is 0 Å². The van der Waals surface area contributed by atoms with Crippen LogP contribution in [-0.2, 0) is 16.0 Å². The van der Waals surface area contributed by atoms with Gasteiger partial charge in [0.2, 0.25) is 0 Å². The van der Waals surface area contributed by atoms with Gasteiger partial charge in [-0.1, -0.05) is 24.3 Å². The van der Waals surface area contributed by atoms with Crippen LogP contribution in [0.25, 0.3) is 10.9 Å². The zero-order valence-corrected chi connectivity index (χ0v) is 12.3. The molecule has 0 spiro atoms. The Hall–Kier alpha value is -2.75. The van der Waals surface area contributed by atoms with E-state index in [9.17, 15) is 4.79 Å².